The molecule has 17 heavy (non-hydrogen) atoms. The highest BCUT2D eigenvalue weighted by Gasteiger charge is 2.31. The Morgan fingerprint density at radius 3 is 2.18 bits per heavy atom. The molecule has 1 fully saturated rings. The third-order valence-corrected chi connectivity index (χ3v) is 5.96. The van der Waals surface area contributed by atoms with Crippen molar-refractivity contribution < 1.29 is 13.2 Å². The van der Waals surface area contributed by atoms with Crippen LogP contribution in [0.5, 0.6) is 0 Å². The van der Waals surface area contributed by atoms with E-state index in [4.69, 9.17) is 4.74 Å². The minimum absolute atomic E-state index is 0.310. The highest BCUT2D eigenvalue weighted by molar-refractivity contribution is 7.89. The first-order valence-electron chi connectivity index (χ1n) is 6.37. The van der Waals surface area contributed by atoms with Crippen molar-refractivity contribution in [3.05, 3.63) is 0 Å². The van der Waals surface area contributed by atoms with E-state index in [0.717, 1.165) is 19.4 Å². The van der Waals surface area contributed by atoms with Gasteiger partial charge in [0.05, 0.1) is 5.25 Å². The monoisotopic (exact) mass is 263 g/mol. The van der Waals surface area contributed by atoms with Crippen molar-refractivity contribution in [3.8, 4) is 0 Å². The molecule has 1 aliphatic rings. The van der Waals surface area contributed by atoms with Gasteiger partial charge in [-0.25, -0.2) is 12.7 Å². The molecule has 0 aliphatic carbocycles. The van der Waals surface area contributed by atoms with E-state index in [1.165, 1.54) is 0 Å². The van der Waals surface area contributed by atoms with E-state index in [0.29, 0.717) is 24.9 Å². The van der Waals surface area contributed by atoms with Gasteiger partial charge >= 0.3 is 0 Å². The number of nitrogens with zero attached hydrogens (tertiary/aromatic N) is 1. The zero-order valence-corrected chi connectivity index (χ0v) is 12.2. The smallest absolute Gasteiger partial charge is 0.216 e. The summed E-state index contributed by atoms with van der Waals surface area (Å²) >= 11 is 0. The maximum absolute atomic E-state index is 12.0. The van der Waals surface area contributed by atoms with E-state index >= 15 is 0 Å². The van der Waals surface area contributed by atoms with Crippen LogP contribution >= 0.6 is 0 Å². The first kappa shape index (κ1) is 14.9. The summed E-state index contributed by atoms with van der Waals surface area (Å²) in [6, 6.07) is 0. The standard InChI is InChI=1S/C12H25NO3S/c1-10(2)17(14,15)13-7-5-12(6-8-13)11(3)9-16-4/h10-12H,5-9H2,1-4H3/t11-/m0/s1. The Labute approximate surface area is 105 Å². The fraction of sp³-hybridized carbons (Fsp3) is 1.00. The molecule has 4 nitrogen and oxygen atoms in total. The molecule has 0 radical (unpaired) electrons. The molecule has 0 amide bonds. The van der Waals surface area contributed by atoms with Gasteiger partial charge in [0.1, 0.15) is 0 Å². The number of hydrogen-bond acceptors (Lipinski definition) is 3. The van der Waals surface area contributed by atoms with Gasteiger partial charge in [-0.2, -0.15) is 0 Å². The molecule has 0 N–H and O–H groups in total. The highest BCUT2D eigenvalue weighted by atomic mass is 32.2. The van der Waals surface area contributed by atoms with Gasteiger partial charge in [-0.05, 0) is 38.5 Å². The van der Waals surface area contributed by atoms with E-state index in [9.17, 15) is 8.42 Å². The van der Waals surface area contributed by atoms with Crippen molar-refractivity contribution in [2.24, 2.45) is 11.8 Å². The Morgan fingerprint density at radius 1 is 1.24 bits per heavy atom. The zero-order valence-electron chi connectivity index (χ0n) is 11.3. The molecule has 102 valence electrons. The van der Waals surface area contributed by atoms with Gasteiger partial charge in [0.15, 0.2) is 0 Å². The second-order valence-electron chi connectivity index (χ2n) is 5.26. The van der Waals surface area contributed by atoms with Gasteiger partial charge in [-0.15, -0.1) is 0 Å². The third kappa shape index (κ3) is 3.66. The quantitative estimate of drug-likeness (QED) is 0.759. The van der Waals surface area contributed by atoms with E-state index in [1.807, 2.05) is 0 Å². The molecule has 1 heterocycles. The van der Waals surface area contributed by atoms with Gasteiger partial charge in [0.2, 0.25) is 10.0 Å². The predicted octanol–water partition coefficient (Wildman–Crippen LogP) is 1.72. The van der Waals surface area contributed by atoms with Crippen LogP contribution in [-0.2, 0) is 14.8 Å². The molecule has 0 spiro atoms. The van der Waals surface area contributed by atoms with E-state index in [1.54, 1.807) is 25.3 Å². The lowest BCUT2D eigenvalue weighted by Crippen LogP contribution is -2.43. The fourth-order valence-corrected chi connectivity index (χ4v) is 3.71. The van der Waals surface area contributed by atoms with Crippen LogP contribution in [0.1, 0.15) is 33.6 Å². The molecule has 0 aromatic heterocycles. The number of ether oxygens (including phenoxy) is 1. The van der Waals surface area contributed by atoms with Gasteiger partial charge in [0, 0.05) is 26.8 Å². The normalized spacial score (nSPS) is 21.9. The van der Waals surface area contributed by atoms with Crippen LogP contribution in [0.3, 0.4) is 0 Å². The van der Waals surface area contributed by atoms with Crippen molar-refractivity contribution in [1.82, 2.24) is 4.31 Å². The zero-order chi connectivity index (χ0) is 13.1. The Kier molecular flexibility index (Phi) is 5.41. The number of hydrogen-bond donors (Lipinski definition) is 0. The molecule has 1 rings (SSSR count). The summed E-state index contributed by atoms with van der Waals surface area (Å²) in [5.74, 6) is 1.11. The lowest BCUT2D eigenvalue weighted by molar-refractivity contribution is 0.107. The average molecular weight is 263 g/mol. The molecular formula is C12H25NO3S. The minimum Gasteiger partial charge on any atom is -0.384 e. The average Bonchev–Trinajstić information content (AvgIpc) is 2.29. The second-order valence-corrected chi connectivity index (χ2v) is 7.75. The van der Waals surface area contributed by atoms with Crippen LogP contribution in [-0.4, -0.2) is 44.8 Å². The topological polar surface area (TPSA) is 46.6 Å². The molecule has 1 saturated heterocycles. The fourth-order valence-electron chi connectivity index (χ4n) is 2.40. The van der Waals surface area contributed by atoms with E-state index in [-0.39, 0.29) is 5.25 Å². The molecule has 0 aromatic rings. The molecule has 5 heteroatoms. The Bertz CT molecular complexity index is 319. The van der Waals surface area contributed by atoms with Gasteiger partial charge in [0.25, 0.3) is 0 Å². The van der Waals surface area contributed by atoms with E-state index < -0.39 is 10.0 Å². The summed E-state index contributed by atoms with van der Waals surface area (Å²) in [6.07, 6.45) is 1.91. The molecule has 0 aromatic carbocycles. The number of rotatable bonds is 5. The summed E-state index contributed by atoms with van der Waals surface area (Å²) in [5, 5.41) is -0.310. The van der Waals surface area contributed by atoms with Crippen LogP contribution in [0.25, 0.3) is 0 Å². The van der Waals surface area contributed by atoms with Crippen molar-refractivity contribution in [1.29, 1.82) is 0 Å². The van der Waals surface area contributed by atoms with E-state index in [2.05, 4.69) is 6.92 Å². The molecular weight excluding hydrogens is 238 g/mol. The SMILES string of the molecule is COC[C@H](C)C1CCN(S(=O)(=O)C(C)C)CC1. The summed E-state index contributed by atoms with van der Waals surface area (Å²) < 4.78 is 30.8. The van der Waals surface area contributed by atoms with Gasteiger partial charge < -0.3 is 4.74 Å². The number of sulfonamides is 1. The Balaban J connectivity index is 2.51. The highest BCUT2D eigenvalue weighted by Crippen LogP contribution is 2.27. The summed E-state index contributed by atoms with van der Waals surface area (Å²) in [5.41, 5.74) is 0. The summed E-state index contributed by atoms with van der Waals surface area (Å²) in [6.45, 7) is 7.77. The summed E-state index contributed by atoms with van der Waals surface area (Å²) in [7, 11) is -1.34. The van der Waals surface area contributed by atoms with Crippen molar-refractivity contribution >= 4 is 10.0 Å². The maximum atomic E-state index is 12.0. The first-order chi connectivity index (χ1) is 7.89. The number of piperidine rings is 1. The van der Waals surface area contributed by atoms with Crippen LogP contribution in [0, 0.1) is 11.8 Å². The molecule has 1 atom stereocenters. The number of methoxy groups -OCH3 is 1. The van der Waals surface area contributed by atoms with Crippen LogP contribution in [0.15, 0.2) is 0 Å². The first-order valence-corrected chi connectivity index (χ1v) is 7.87. The minimum atomic E-state index is -3.06. The molecule has 1 aliphatic heterocycles. The Hall–Kier alpha value is -0.130. The van der Waals surface area contributed by atoms with Gasteiger partial charge in [-0.1, -0.05) is 6.92 Å². The lowest BCUT2D eigenvalue weighted by Gasteiger charge is -2.34. The lowest BCUT2D eigenvalue weighted by atomic mass is 9.87. The van der Waals surface area contributed by atoms with Crippen LogP contribution in [0.2, 0.25) is 0 Å². The third-order valence-electron chi connectivity index (χ3n) is 3.69. The summed E-state index contributed by atoms with van der Waals surface area (Å²) in [4.78, 5) is 0. The van der Waals surface area contributed by atoms with Crippen LogP contribution in [0.4, 0.5) is 0 Å². The Morgan fingerprint density at radius 2 is 1.76 bits per heavy atom. The van der Waals surface area contributed by atoms with Crippen molar-refractivity contribution in [3.63, 3.8) is 0 Å². The predicted molar refractivity (Wildman–Crippen MR) is 69.4 cm³/mol. The van der Waals surface area contributed by atoms with Crippen molar-refractivity contribution in [2.45, 2.75) is 38.9 Å². The largest absolute Gasteiger partial charge is 0.384 e. The molecule has 0 bridgehead atoms. The van der Waals surface area contributed by atoms with Gasteiger partial charge in [-0.3, -0.25) is 0 Å². The van der Waals surface area contributed by atoms with Crippen LogP contribution < -0.4 is 0 Å². The molecule has 0 unspecified atom stereocenters. The second kappa shape index (κ2) is 6.16. The maximum Gasteiger partial charge on any atom is 0.216 e. The molecule has 0 saturated carbocycles. The van der Waals surface area contributed by atoms with Crippen molar-refractivity contribution in [2.75, 3.05) is 26.8 Å².